The second-order valence-electron chi connectivity index (χ2n) is 39.5. The average molecular weight is 2910 g/mol. The molecule has 805 valence electrons. The summed E-state index contributed by atoms with van der Waals surface area (Å²) < 4.78 is 11.1. The van der Waals surface area contributed by atoms with Gasteiger partial charge in [-0.1, -0.05) is 208 Å². The number of methoxy groups -OCH3 is 2. The minimum Gasteiger partial charge on any atom is -0.512 e. The van der Waals surface area contributed by atoms with Gasteiger partial charge >= 0.3 is 0 Å². The maximum Gasteiger partial charge on any atom is 0.155 e. The maximum atomic E-state index is 10.0. The van der Waals surface area contributed by atoms with Crippen molar-refractivity contribution in [3.8, 4) is 67.8 Å². The predicted octanol–water partition coefficient (Wildman–Crippen LogP) is 32.0. The molecule has 0 saturated carbocycles. The fourth-order valence-corrected chi connectivity index (χ4v) is 16.1. The molecule has 5 heterocycles. The van der Waals surface area contributed by atoms with Crippen LogP contribution in [0.1, 0.15) is 231 Å². The summed E-state index contributed by atoms with van der Waals surface area (Å²) >= 11 is 0. The molecule has 22 heteroatoms. The number of carbonyl (C=O) groups is 5. The number of carbonyl (C=O) groups excluding carboxylic acids is 5. The molecule has 0 unspecified atom stereocenters. The van der Waals surface area contributed by atoms with E-state index in [1.54, 1.807) is 14.2 Å². The van der Waals surface area contributed by atoms with Crippen molar-refractivity contribution in [3.05, 3.63) is 372 Å². The summed E-state index contributed by atoms with van der Waals surface area (Å²) in [5.41, 5.74) is 37.3. The fraction of sp³-hybridized carbons (Fsp3) is 0.297. The number of allylic oxidation sites excluding steroid dienone is 10. The number of hydrogen-bond donors (Lipinski definition) is 5. The molecule has 10 aromatic carbocycles. The second-order valence-corrected chi connectivity index (χ2v) is 39.5. The fourth-order valence-electron chi connectivity index (χ4n) is 16.1. The van der Waals surface area contributed by atoms with Crippen molar-refractivity contribution in [2.45, 2.75) is 245 Å². The third kappa shape index (κ3) is 45.0. The van der Waals surface area contributed by atoms with Crippen molar-refractivity contribution >= 4 is 83.4 Å². The topological polar surface area (TPSA) is 269 Å². The van der Waals surface area contributed by atoms with E-state index in [1.165, 1.54) is 188 Å². The van der Waals surface area contributed by atoms with Crippen LogP contribution in [-0.2, 0) is 135 Å². The summed E-state index contributed by atoms with van der Waals surface area (Å²) in [6.07, 6.45) is 5.83. The minimum atomic E-state index is -0.125. The first-order chi connectivity index (χ1) is 67.7. The molecule has 5 N–H and O–H groups in total. The number of pyridine rings is 5. The average Bonchev–Trinajstić information content (AvgIpc) is 0.770. The molecule has 0 amide bonds. The van der Waals surface area contributed by atoms with Gasteiger partial charge < -0.3 is 35.0 Å². The zero-order valence-corrected chi connectivity index (χ0v) is 105. The summed E-state index contributed by atoms with van der Waals surface area (Å²) in [5, 5.41) is 47.7. The molecule has 0 aliphatic carbocycles. The van der Waals surface area contributed by atoms with Crippen LogP contribution < -0.4 is 9.47 Å². The van der Waals surface area contributed by atoms with E-state index < -0.39 is 0 Å². The number of ketones is 5. The molecule has 5 aromatic heterocycles. The van der Waals surface area contributed by atoms with Crippen LogP contribution in [0.4, 0.5) is 0 Å². The number of aliphatic hydroxyl groups excluding tert-OH is 5. The van der Waals surface area contributed by atoms with Gasteiger partial charge in [-0.15, -0.1) is 174 Å². The molecule has 0 fully saturated rings. The Kier molecular flexibility index (Phi) is 57.6. The first kappa shape index (κ1) is 136. The van der Waals surface area contributed by atoms with Gasteiger partial charge in [0.1, 0.15) is 11.5 Å². The molecule has 0 aliphatic rings. The smallest absolute Gasteiger partial charge is 0.155 e. The third-order valence-corrected chi connectivity index (χ3v) is 21.9. The van der Waals surface area contributed by atoms with Crippen LogP contribution >= 0.6 is 0 Å². The molecule has 15 aromatic rings. The number of rotatable bonds is 13. The molecule has 150 heavy (non-hydrogen) atoms. The van der Waals surface area contributed by atoms with Crippen molar-refractivity contribution in [3.63, 3.8) is 0 Å². The Hall–Kier alpha value is -11.9. The van der Waals surface area contributed by atoms with Gasteiger partial charge in [0, 0.05) is 158 Å². The van der Waals surface area contributed by atoms with Crippen molar-refractivity contribution in [2.75, 3.05) is 14.2 Å². The maximum absolute atomic E-state index is 10.0. The number of aromatic nitrogens is 5. The monoisotopic (exact) mass is 2910 g/mol. The van der Waals surface area contributed by atoms with Gasteiger partial charge in [0.05, 0.1) is 70.6 Å². The number of benzene rings is 10. The molecule has 0 bridgehead atoms. The number of aliphatic hydroxyl groups is 5. The van der Waals surface area contributed by atoms with Crippen molar-refractivity contribution < 1.29 is 160 Å². The predicted molar refractivity (Wildman–Crippen MR) is 601 cm³/mol. The molecular formula is C128H146Ir5N5O12-5. The zero-order valence-electron chi connectivity index (χ0n) is 93.3. The summed E-state index contributed by atoms with van der Waals surface area (Å²) in [5.74, 6) is 1.80. The van der Waals surface area contributed by atoms with Crippen LogP contribution in [0.15, 0.2) is 241 Å². The molecule has 0 atom stereocenters. The SMILES string of the molecule is CC(=O)C=C(C)O.CC(=O)C=C(C)O.CC(=O)C=C(C)O.CC(=O)C=C(C)O.CC(=O)C=C(C)O.COc1cc2c(C)cccc2nc1-c1[c-]c(C)cc(C)c1.COc1cc2cc(C)ccc2nc1-c1[c-]c(C)cc(C)c1.Cc1[c-]c(-c2nc3ccc(C(C)(C)C)cc3cc2C)cc(C)c1.Cc1[c-]c(-c2nc3ccc(C(C)C)cc3cc2C)cc(C)c1.Cc1[c-]c(-c2nc3cccc(C(C)(C)C)c3cc2C)cc(C)c1.[Ir].[Ir].[Ir].[Ir].[Ir]. The number of fused-ring (bicyclic) bond motifs is 5. The normalized spacial score (nSPS) is 11.0. The van der Waals surface area contributed by atoms with Crippen molar-refractivity contribution in [1.82, 2.24) is 24.9 Å². The summed E-state index contributed by atoms with van der Waals surface area (Å²) in [6.45, 7) is 63.7. The molecule has 15 rings (SSSR count). The third-order valence-electron chi connectivity index (χ3n) is 21.9. The van der Waals surface area contributed by atoms with Crippen molar-refractivity contribution in [1.29, 1.82) is 0 Å². The zero-order chi connectivity index (χ0) is 109. The van der Waals surface area contributed by atoms with E-state index in [0.717, 1.165) is 134 Å². The molecular weight excluding hydrogens is 2760 g/mol. The van der Waals surface area contributed by atoms with Crippen LogP contribution in [-0.4, -0.2) is 93.6 Å². The van der Waals surface area contributed by atoms with Crippen LogP contribution in [0.2, 0.25) is 0 Å². The Balaban J connectivity index is 0.000000861. The van der Waals surface area contributed by atoms with E-state index >= 15 is 0 Å². The molecule has 0 saturated heterocycles. The van der Waals surface area contributed by atoms with Gasteiger partial charge in [-0.05, 0) is 231 Å². The van der Waals surface area contributed by atoms with E-state index in [2.05, 4.69) is 346 Å². The Bertz CT molecular complexity index is 7100. The number of hydrogen-bond acceptors (Lipinski definition) is 17. The van der Waals surface area contributed by atoms with E-state index in [1.807, 2.05) is 26.0 Å². The second kappa shape index (κ2) is 63.5. The number of ether oxygens (including phenoxy) is 2. The van der Waals surface area contributed by atoms with Gasteiger partial charge in [0.15, 0.2) is 28.9 Å². The van der Waals surface area contributed by atoms with E-state index in [0.29, 0.717) is 5.92 Å². The molecule has 17 nitrogen and oxygen atoms in total. The summed E-state index contributed by atoms with van der Waals surface area (Å²) in [4.78, 5) is 74.5. The Morgan fingerprint density at radius 2 is 0.573 bits per heavy atom. The minimum absolute atomic E-state index is 0. The summed E-state index contributed by atoms with van der Waals surface area (Å²) in [7, 11) is 3.37. The Morgan fingerprint density at radius 1 is 0.287 bits per heavy atom. The van der Waals surface area contributed by atoms with Gasteiger partial charge in [-0.25, -0.2) is 0 Å². The van der Waals surface area contributed by atoms with Gasteiger partial charge in [-0.2, -0.15) is 0 Å². The van der Waals surface area contributed by atoms with Gasteiger partial charge in [0.2, 0.25) is 0 Å². The Morgan fingerprint density at radius 3 is 0.887 bits per heavy atom. The largest absolute Gasteiger partial charge is 0.512 e. The number of aryl methyl sites for hydroxylation is 15. The van der Waals surface area contributed by atoms with Crippen LogP contribution in [0, 0.1) is 134 Å². The van der Waals surface area contributed by atoms with E-state index in [9.17, 15) is 24.0 Å². The molecule has 0 aliphatic heterocycles. The van der Waals surface area contributed by atoms with Gasteiger partial charge in [-0.3, -0.25) is 48.9 Å². The van der Waals surface area contributed by atoms with Crippen LogP contribution in [0.25, 0.3) is 111 Å². The first-order valence-corrected chi connectivity index (χ1v) is 48.3. The van der Waals surface area contributed by atoms with Crippen molar-refractivity contribution in [2.24, 2.45) is 0 Å². The number of nitrogens with zero attached hydrogens (tertiary/aromatic N) is 5. The van der Waals surface area contributed by atoms with E-state index in [4.69, 9.17) is 59.9 Å². The van der Waals surface area contributed by atoms with E-state index in [-0.39, 0.29) is 169 Å². The standard InChI is InChI=1S/2C22H24N.C21H22N.2C19H18NO.5C5H8O2.5Ir/c1-14-9-15(2)11-18(10-14)21-16(3)12-17-13-19(22(4,5)6)7-8-20(17)23-21;1-14-10-15(2)12-17(11-14)21-16(3)13-18-19(22(4,5)6)8-7-9-20(18)23-21;1-13(2)17-6-7-20-18(12-17)11-16(5)21(22-20)19-9-14(3)8-15(4)10-19;1-12-5-6-17-15(8-12)11-18(21-4)19(20-17)16-9-13(2)7-14(3)10-16;1-12-8-13(2)10-15(9-12)19-18(21-4)11-16-14(3)6-5-7-17(16)20-19;5*1-4(6)3-5(2)7;;;;;/h7-10,12-13H,1-6H3;7-11,13H,1-6H3;6-9,11-13H,1-5H3;2*5-9,11H,1-4H3;5*3,6H,1-2H3;;;;;/q5*-1;;;;;;;;;;. The van der Waals surface area contributed by atoms with Gasteiger partial charge in [0.25, 0.3) is 0 Å². The van der Waals surface area contributed by atoms with Crippen LogP contribution in [0.5, 0.6) is 11.5 Å². The van der Waals surface area contributed by atoms with Crippen LogP contribution in [0.3, 0.4) is 0 Å². The Labute approximate surface area is 958 Å². The molecule has 0 spiro atoms. The quantitative estimate of drug-likeness (QED) is 0.0408. The first-order valence-electron chi connectivity index (χ1n) is 48.3. The summed E-state index contributed by atoms with van der Waals surface area (Å²) in [6, 6.07) is 81.4. The molecule has 5 radical (unpaired) electrons.